The predicted molar refractivity (Wildman–Crippen MR) is 86.9 cm³/mol. The third-order valence-corrected chi connectivity index (χ3v) is 5.06. The lowest BCUT2D eigenvalue weighted by molar-refractivity contribution is -0.0719. The quantitative estimate of drug-likeness (QED) is 0.914. The predicted octanol–water partition coefficient (Wildman–Crippen LogP) is 3.26. The molecule has 0 radical (unpaired) electrons. The molecule has 3 unspecified atom stereocenters. The van der Waals surface area contributed by atoms with Crippen LogP contribution >= 0.6 is 15.9 Å². The van der Waals surface area contributed by atoms with Crippen LogP contribution in [0.3, 0.4) is 0 Å². The summed E-state index contributed by atoms with van der Waals surface area (Å²) in [6.45, 7) is 8.89. The highest BCUT2D eigenvalue weighted by atomic mass is 79.9. The molecule has 2 rings (SSSR count). The molecule has 0 aliphatic carbocycles. The van der Waals surface area contributed by atoms with Crippen molar-refractivity contribution in [3.05, 3.63) is 33.8 Å². The zero-order valence-corrected chi connectivity index (χ0v) is 14.2. The Kier molecular flexibility index (Phi) is 5.61. The second kappa shape index (κ2) is 7.03. The number of benzene rings is 1. The SMILES string of the molecule is CCC1COC(C)CN1C(CN)c1ccc(Br)c(C)c1. The van der Waals surface area contributed by atoms with Crippen LogP contribution in [0.4, 0.5) is 0 Å². The Hall–Kier alpha value is -0.420. The smallest absolute Gasteiger partial charge is 0.0675 e. The molecule has 4 heteroatoms. The Morgan fingerprint density at radius 1 is 1.50 bits per heavy atom. The van der Waals surface area contributed by atoms with Crippen molar-refractivity contribution >= 4 is 15.9 Å². The van der Waals surface area contributed by atoms with Crippen LogP contribution in [-0.2, 0) is 4.74 Å². The van der Waals surface area contributed by atoms with Gasteiger partial charge in [0, 0.05) is 29.6 Å². The zero-order valence-electron chi connectivity index (χ0n) is 12.6. The molecule has 0 aromatic heterocycles. The highest BCUT2D eigenvalue weighted by Gasteiger charge is 2.31. The van der Waals surface area contributed by atoms with E-state index in [9.17, 15) is 0 Å². The molecule has 3 nitrogen and oxygen atoms in total. The van der Waals surface area contributed by atoms with Crippen LogP contribution in [0, 0.1) is 6.92 Å². The van der Waals surface area contributed by atoms with Gasteiger partial charge in [-0.25, -0.2) is 0 Å². The molecule has 0 spiro atoms. The van der Waals surface area contributed by atoms with Crippen molar-refractivity contribution in [3.63, 3.8) is 0 Å². The lowest BCUT2D eigenvalue weighted by Crippen LogP contribution is -2.51. The lowest BCUT2D eigenvalue weighted by atomic mass is 9.99. The molecule has 0 saturated carbocycles. The van der Waals surface area contributed by atoms with E-state index in [1.165, 1.54) is 11.1 Å². The summed E-state index contributed by atoms with van der Waals surface area (Å²) in [4.78, 5) is 2.52. The van der Waals surface area contributed by atoms with Crippen molar-refractivity contribution in [1.82, 2.24) is 4.90 Å². The monoisotopic (exact) mass is 340 g/mol. The van der Waals surface area contributed by atoms with Crippen LogP contribution in [0.5, 0.6) is 0 Å². The molecule has 3 atom stereocenters. The minimum absolute atomic E-state index is 0.276. The van der Waals surface area contributed by atoms with Gasteiger partial charge in [0.1, 0.15) is 0 Å². The average molecular weight is 341 g/mol. The summed E-state index contributed by atoms with van der Waals surface area (Å²) in [6, 6.07) is 7.29. The van der Waals surface area contributed by atoms with Crippen molar-refractivity contribution in [2.45, 2.75) is 45.4 Å². The fraction of sp³-hybridized carbons (Fsp3) is 0.625. The van der Waals surface area contributed by atoms with Gasteiger partial charge < -0.3 is 10.5 Å². The normalized spacial score (nSPS) is 25.6. The third kappa shape index (κ3) is 3.42. The van der Waals surface area contributed by atoms with E-state index in [4.69, 9.17) is 10.5 Å². The van der Waals surface area contributed by atoms with Crippen LogP contribution in [0.1, 0.15) is 37.4 Å². The molecule has 0 bridgehead atoms. The molecule has 2 N–H and O–H groups in total. The van der Waals surface area contributed by atoms with Gasteiger partial charge in [-0.3, -0.25) is 4.90 Å². The minimum atomic E-state index is 0.276. The van der Waals surface area contributed by atoms with Gasteiger partial charge in [-0.1, -0.05) is 35.0 Å². The summed E-state index contributed by atoms with van der Waals surface area (Å²) < 4.78 is 6.95. The maximum atomic E-state index is 6.09. The Balaban J connectivity index is 2.26. The number of nitrogens with two attached hydrogens (primary N) is 1. The number of hydrogen-bond donors (Lipinski definition) is 1. The first-order valence-corrected chi connectivity index (χ1v) is 8.19. The van der Waals surface area contributed by atoms with Gasteiger partial charge in [-0.15, -0.1) is 0 Å². The molecule has 1 saturated heterocycles. The Bertz CT molecular complexity index is 452. The van der Waals surface area contributed by atoms with E-state index in [-0.39, 0.29) is 12.1 Å². The van der Waals surface area contributed by atoms with Gasteiger partial charge in [0.15, 0.2) is 0 Å². The molecule has 1 aromatic carbocycles. The fourth-order valence-electron chi connectivity index (χ4n) is 2.94. The highest BCUT2D eigenvalue weighted by molar-refractivity contribution is 9.10. The van der Waals surface area contributed by atoms with Crippen molar-refractivity contribution < 1.29 is 4.74 Å². The second-order valence-electron chi connectivity index (χ2n) is 5.66. The summed E-state index contributed by atoms with van der Waals surface area (Å²) in [6.07, 6.45) is 1.38. The average Bonchev–Trinajstić information content (AvgIpc) is 2.44. The molecule has 0 amide bonds. The second-order valence-corrected chi connectivity index (χ2v) is 6.52. The van der Waals surface area contributed by atoms with E-state index in [0.717, 1.165) is 24.0 Å². The van der Waals surface area contributed by atoms with E-state index < -0.39 is 0 Å². The van der Waals surface area contributed by atoms with Gasteiger partial charge >= 0.3 is 0 Å². The molecule has 112 valence electrons. The third-order valence-electron chi connectivity index (χ3n) is 4.17. The maximum absolute atomic E-state index is 6.09. The Morgan fingerprint density at radius 3 is 2.85 bits per heavy atom. The molecule has 1 aromatic rings. The summed E-state index contributed by atoms with van der Waals surface area (Å²) in [7, 11) is 0. The van der Waals surface area contributed by atoms with E-state index in [0.29, 0.717) is 12.6 Å². The standard InChI is InChI=1S/C16H25BrN2O/c1-4-14-10-20-12(3)9-19(14)16(8-18)13-5-6-15(17)11(2)7-13/h5-7,12,14,16H,4,8-10,18H2,1-3H3. The number of aryl methyl sites for hydroxylation is 1. The van der Waals surface area contributed by atoms with Gasteiger partial charge in [-0.05, 0) is 37.5 Å². The van der Waals surface area contributed by atoms with Crippen LogP contribution in [0.2, 0.25) is 0 Å². The van der Waals surface area contributed by atoms with Crippen LogP contribution in [-0.4, -0.2) is 36.7 Å². The maximum Gasteiger partial charge on any atom is 0.0675 e. The number of rotatable bonds is 4. The van der Waals surface area contributed by atoms with Crippen LogP contribution < -0.4 is 5.73 Å². The summed E-state index contributed by atoms with van der Waals surface area (Å²) in [5.41, 5.74) is 8.66. The topological polar surface area (TPSA) is 38.5 Å². The van der Waals surface area contributed by atoms with E-state index in [1.807, 2.05) is 0 Å². The van der Waals surface area contributed by atoms with E-state index in [1.54, 1.807) is 0 Å². The van der Waals surface area contributed by atoms with Gasteiger partial charge in [-0.2, -0.15) is 0 Å². The number of halogens is 1. The molecule has 20 heavy (non-hydrogen) atoms. The fourth-order valence-corrected chi connectivity index (χ4v) is 3.19. The van der Waals surface area contributed by atoms with E-state index >= 15 is 0 Å². The molecule has 1 aliphatic heterocycles. The molecule has 1 heterocycles. The summed E-state index contributed by atoms with van der Waals surface area (Å²) in [5.74, 6) is 0. The van der Waals surface area contributed by atoms with Gasteiger partial charge in [0.05, 0.1) is 12.7 Å². The summed E-state index contributed by atoms with van der Waals surface area (Å²) in [5, 5.41) is 0. The van der Waals surface area contributed by atoms with Crippen molar-refractivity contribution in [2.24, 2.45) is 5.73 Å². The first kappa shape index (κ1) is 16.0. The molecular weight excluding hydrogens is 316 g/mol. The van der Waals surface area contributed by atoms with Gasteiger partial charge in [0.25, 0.3) is 0 Å². The zero-order chi connectivity index (χ0) is 14.7. The largest absolute Gasteiger partial charge is 0.376 e. The lowest BCUT2D eigenvalue weighted by Gasteiger charge is -2.43. The molecule has 1 fully saturated rings. The number of nitrogens with zero attached hydrogens (tertiary/aromatic N) is 1. The number of ether oxygens (including phenoxy) is 1. The first-order valence-electron chi connectivity index (χ1n) is 7.40. The Morgan fingerprint density at radius 2 is 2.25 bits per heavy atom. The Labute approximate surface area is 130 Å². The number of morpholine rings is 1. The minimum Gasteiger partial charge on any atom is -0.376 e. The summed E-state index contributed by atoms with van der Waals surface area (Å²) >= 11 is 3.57. The highest BCUT2D eigenvalue weighted by Crippen LogP contribution is 2.29. The first-order chi connectivity index (χ1) is 9.56. The molecule has 1 aliphatic rings. The van der Waals surface area contributed by atoms with Crippen molar-refractivity contribution in [1.29, 1.82) is 0 Å². The van der Waals surface area contributed by atoms with Gasteiger partial charge in [0.2, 0.25) is 0 Å². The van der Waals surface area contributed by atoms with Crippen LogP contribution in [0.25, 0.3) is 0 Å². The van der Waals surface area contributed by atoms with Crippen molar-refractivity contribution in [3.8, 4) is 0 Å². The van der Waals surface area contributed by atoms with Crippen LogP contribution in [0.15, 0.2) is 22.7 Å². The number of hydrogen-bond acceptors (Lipinski definition) is 3. The van der Waals surface area contributed by atoms with Crippen molar-refractivity contribution in [2.75, 3.05) is 19.7 Å². The van der Waals surface area contributed by atoms with E-state index in [2.05, 4.69) is 59.8 Å². The molecular formula is C16H25BrN2O.